The molecular formula is C13H16ClN3. The zero-order valence-corrected chi connectivity index (χ0v) is 10.3. The molecular weight excluding hydrogens is 234 g/mol. The van der Waals surface area contributed by atoms with Crippen LogP contribution in [0.3, 0.4) is 0 Å². The summed E-state index contributed by atoms with van der Waals surface area (Å²) in [5.41, 5.74) is 2.35. The fourth-order valence-corrected chi connectivity index (χ4v) is 2.21. The van der Waals surface area contributed by atoms with E-state index in [4.69, 9.17) is 0 Å². The summed E-state index contributed by atoms with van der Waals surface area (Å²) in [7, 11) is 0. The Bertz CT molecular complexity index is 461. The monoisotopic (exact) mass is 249 g/mol. The number of aromatic nitrogens is 2. The lowest BCUT2D eigenvalue weighted by Gasteiger charge is -2.05. The Morgan fingerprint density at radius 3 is 2.71 bits per heavy atom. The molecule has 1 unspecified atom stereocenters. The molecule has 1 aromatic heterocycles. The molecule has 0 amide bonds. The van der Waals surface area contributed by atoms with Crippen molar-refractivity contribution in [3.63, 3.8) is 0 Å². The van der Waals surface area contributed by atoms with Crippen LogP contribution in [0.2, 0.25) is 0 Å². The van der Waals surface area contributed by atoms with E-state index in [2.05, 4.69) is 27.4 Å². The molecule has 1 aliphatic heterocycles. The van der Waals surface area contributed by atoms with E-state index in [0.29, 0.717) is 6.04 Å². The fourth-order valence-electron chi connectivity index (χ4n) is 2.21. The van der Waals surface area contributed by atoms with Crippen molar-refractivity contribution < 1.29 is 0 Å². The number of aromatic amines is 1. The minimum Gasteiger partial charge on any atom is -0.341 e. The van der Waals surface area contributed by atoms with Gasteiger partial charge in [-0.25, -0.2) is 4.98 Å². The van der Waals surface area contributed by atoms with E-state index in [1.807, 2.05) is 24.4 Å². The van der Waals surface area contributed by atoms with Gasteiger partial charge in [0.05, 0.1) is 11.9 Å². The molecule has 1 aliphatic rings. The topological polar surface area (TPSA) is 40.7 Å². The summed E-state index contributed by atoms with van der Waals surface area (Å²) in [4.78, 5) is 7.83. The molecule has 0 aliphatic carbocycles. The lowest BCUT2D eigenvalue weighted by atomic mass is 10.2. The predicted octanol–water partition coefficient (Wildman–Crippen LogP) is 2.92. The standard InChI is InChI=1S/C13H15N3.ClH/c1-2-5-10(6-3-1)13-15-9-12(16-13)11-7-4-8-14-11;/h1-3,5-6,9,11,14H,4,7-8H2,(H,15,16);1H. The number of halogens is 1. The van der Waals surface area contributed by atoms with Gasteiger partial charge in [0.1, 0.15) is 5.82 Å². The number of nitrogens with zero attached hydrogens (tertiary/aromatic N) is 1. The van der Waals surface area contributed by atoms with Crippen molar-refractivity contribution in [1.29, 1.82) is 0 Å². The molecule has 17 heavy (non-hydrogen) atoms. The second-order valence-electron chi connectivity index (χ2n) is 4.20. The molecule has 3 rings (SSSR count). The predicted molar refractivity (Wildman–Crippen MR) is 71.2 cm³/mol. The SMILES string of the molecule is Cl.c1ccc(-c2ncc(C3CCCN3)[nH]2)cc1. The van der Waals surface area contributed by atoms with Crippen LogP contribution in [0.25, 0.3) is 11.4 Å². The number of rotatable bonds is 2. The molecule has 90 valence electrons. The van der Waals surface area contributed by atoms with Gasteiger partial charge >= 0.3 is 0 Å². The normalized spacial score (nSPS) is 18.9. The van der Waals surface area contributed by atoms with Crippen molar-refractivity contribution >= 4 is 12.4 Å². The van der Waals surface area contributed by atoms with Crippen molar-refractivity contribution in [2.24, 2.45) is 0 Å². The summed E-state index contributed by atoms with van der Waals surface area (Å²) in [6.07, 6.45) is 4.41. The molecule has 0 saturated carbocycles. The summed E-state index contributed by atoms with van der Waals surface area (Å²) in [5.74, 6) is 0.962. The van der Waals surface area contributed by atoms with Crippen LogP contribution in [0.1, 0.15) is 24.6 Å². The summed E-state index contributed by atoms with van der Waals surface area (Å²) >= 11 is 0. The summed E-state index contributed by atoms with van der Waals surface area (Å²) < 4.78 is 0. The molecule has 1 fully saturated rings. The van der Waals surface area contributed by atoms with Gasteiger partial charge in [-0.2, -0.15) is 0 Å². The van der Waals surface area contributed by atoms with Gasteiger partial charge in [0.15, 0.2) is 0 Å². The van der Waals surface area contributed by atoms with Crippen molar-refractivity contribution in [3.8, 4) is 11.4 Å². The van der Waals surface area contributed by atoms with Gasteiger partial charge in [0.2, 0.25) is 0 Å². The van der Waals surface area contributed by atoms with E-state index in [-0.39, 0.29) is 12.4 Å². The third-order valence-electron chi connectivity index (χ3n) is 3.08. The fraction of sp³-hybridized carbons (Fsp3) is 0.308. The Morgan fingerprint density at radius 2 is 2.00 bits per heavy atom. The lowest BCUT2D eigenvalue weighted by Crippen LogP contribution is -2.12. The molecule has 3 nitrogen and oxygen atoms in total. The molecule has 1 aromatic carbocycles. The van der Waals surface area contributed by atoms with Gasteiger partial charge in [-0.15, -0.1) is 12.4 Å². The first-order chi connectivity index (χ1) is 7.93. The van der Waals surface area contributed by atoms with Gasteiger partial charge in [-0.1, -0.05) is 30.3 Å². The molecule has 1 saturated heterocycles. The first-order valence-electron chi connectivity index (χ1n) is 5.77. The van der Waals surface area contributed by atoms with E-state index in [0.717, 1.165) is 17.9 Å². The number of imidazole rings is 1. The Hall–Kier alpha value is -1.32. The highest BCUT2D eigenvalue weighted by molar-refractivity contribution is 5.85. The third kappa shape index (κ3) is 2.51. The lowest BCUT2D eigenvalue weighted by molar-refractivity contribution is 0.632. The summed E-state index contributed by atoms with van der Waals surface area (Å²) in [6.45, 7) is 1.12. The van der Waals surface area contributed by atoms with Gasteiger partial charge in [0, 0.05) is 11.6 Å². The molecule has 0 spiro atoms. The highest BCUT2D eigenvalue weighted by Crippen LogP contribution is 2.23. The van der Waals surface area contributed by atoms with Crippen LogP contribution >= 0.6 is 12.4 Å². The quantitative estimate of drug-likeness (QED) is 0.859. The maximum Gasteiger partial charge on any atom is 0.137 e. The average Bonchev–Trinajstić information content (AvgIpc) is 3.01. The average molecular weight is 250 g/mol. The molecule has 0 bridgehead atoms. The highest BCUT2D eigenvalue weighted by atomic mass is 35.5. The highest BCUT2D eigenvalue weighted by Gasteiger charge is 2.18. The number of benzene rings is 1. The minimum absolute atomic E-state index is 0. The Labute approximate surface area is 107 Å². The van der Waals surface area contributed by atoms with Crippen molar-refractivity contribution in [2.45, 2.75) is 18.9 Å². The smallest absolute Gasteiger partial charge is 0.137 e. The van der Waals surface area contributed by atoms with Gasteiger partial charge in [-0.3, -0.25) is 0 Å². The maximum atomic E-state index is 4.44. The van der Waals surface area contributed by atoms with Crippen LogP contribution in [0.4, 0.5) is 0 Å². The Morgan fingerprint density at radius 1 is 1.18 bits per heavy atom. The van der Waals surface area contributed by atoms with E-state index >= 15 is 0 Å². The summed E-state index contributed by atoms with van der Waals surface area (Å²) in [6, 6.07) is 10.7. The number of H-pyrrole nitrogens is 1. The zero-order valence-electron chi connectivity index (χ0n) is 9.52. The largest absolute Gasteiger partial charge is 0.341 e. The molecule has 0 radical (unpaired) electrons. The van der Waals surface area contributed by atoms with E-state index in [1.165, 1.54) is 18.5 Å². The van der Waals surface area contributed by atoms with E-state index in [9.17, 15) is 0 Å². The van der Waals surface area contributed by atoms with Crippen molar-refractivity contribution in [3.05, 3.63) is 42.2 Å². The van der Waals surface area contributed by atoms with Gasteiger partial charge in [0.25, 0.3) is 0 Å². The molecule has 2 heterocycles. The second-order valence-corrected chi connectivity index (χ2v) is 4.20. The Kier molecular flexibility index (Phi) is 3.82. The van der Waals surface area contributed by atoms with Crippen LogP contribution in [0.5, 0.6) is 0 Å². The Balaban J connectivity index is 0.00000108. The molecule has 2 N–H and O–H groups in total. The first-order valence-corrected chi connectivity index (χ1v) is 5.77. The van der Waals surface area contributed by atoms with E-state index in [1.54, 1.807) is 0 Å². The first kappa shape index (κ1) is 12.1. The van der Waals surface area contributed by atoms with E-state index < -0.39 is 0 Å². The van der Waals surface area contributed by atoms with Crippen LogP contribution in [0, 0.1) is 0 Å². The molecule has 1 atom stereocenters. The van der Waals surface area contributed by atoms with Crippen LogP contribution in [-0.4, -0.2) is 16.5 Å². The van der Waals surface area contributed by atoms with Gasteiger partial charge in [-0.05, 0) is 19.4 Å². The van der Waals surface area contributed by atoms with Crippen molar-refractivity contribution in [2.75, 3.05) is 6.54 Å². The van der Waals surface area contributed by atoms with Gasteiger partial charge < -0.3 is 10.3 Å². The maximum absolute atomic E-state index is 4.44. The second kappa shape index (κ2) is 5.34. The number of hydrogen-bond donors (Lipinski definition) is 2. The number of nitrogens with one attached hydrogen (secondary N) is 2. The number of hydrogen-bond acceptors (Lipinski definition) is 2. The van der Waals surface area contributed by atoms with Crippen LogP contribution < -0.4 is 5.32 Å². The van der Waals surface area contributed by atoms with Crippen LogP contribution in [0.15, 0.2) is 36.5 Å². The van der Waals surface area contributed by atoms with Crippen molar-refractivity contribution in [1.82, 2.24) is 15.3 Å². The molecule has 2 aromatic rings. The third-order valence-corrected chi connectivity index (χ3v) is 3.08. The minimum atomic E-state index is 0. The molecule has 4 heteroatoms. The van der Waals surface area contributed by atoms with Crippen LogP contribution in [-0.2, 0) is 0 Å². The summed E-state index contributed by atoms with van der Waals surface area (Å²) in [5, 5.41) is 3.47. The zero-order chi connectivity index (χ0) is 10.8.